The minimum absolute atomic E-state index is 0.268. The van der Waals surface area contributed by atoms with Gasteiger partial charge in [-0.2, -0.15) is 0 Å². The van der Waals surface area contributed by atoms with E-state index in [0.717, 1.165) is 29.7 Å². The van der Waals surface area contributed by atoms with Crippen molar-refractivity contribution in [2.24, 2.45) is 5.92 Å². The first-order valence-corrected chi connectivity index (χ1v) is 10.2. The van der Waals surface area contributed by atoms with Crippen LogP contribution in [0.4, 0.5) is 9.18 Å². The van der Waals surface area contributed by atoms with Gasteiger partial charge in [0.25, 0.3) is 0 Å². The third-order valence-corrected chi connectivity index (χ3v) is 4.14. The van der Waals surface area contributed by atoms with Gasteiger partial charge in [0, 0.05) is 12.2 Å². The lowest BCUT2D eigenvalue weighted by Gasteiger charge is -2.16. The molecule has 0 radical (unpaired) electrons. The molecule has 1 aromatic rings. The molecule has 0 spiro atoms. The smallest absolute Gasteiger partial charge is 0.314 e. The van der Waals surface area contributed by atoms with Crippen molar-refractivity contribution in [2.75, 3.05) is 0 Å². The highest BCUT2D eigenvalue weighted by atomic mass is 19.1. The lowest BCUT2D eigenvalue weighted by Crippen LogP contribution is -2.35. The summed E-state index contributed by atoms with van der Waals surface area (Å²) in [6.07, 6.45) is 7.00. The summed E-state index contributed by atoms with van der Waals surface area (Å²) in [6.45, 7) is 20.9. The molecule has 0 fully saturated rings. The van der Waals surface area contributed by atoms with Crippen LogP contribution < -0.4 is 5.32 Å². The molecule has 0 saturated heterocycles. The molecule has 1 unspecified atom stereocenters. The number of nitrogens with zero attached hydrogens (tertiary/aromatic N) is 2. The number of nitrogens with one attached hydrogen (secondary N) is 1. The topological polar surface area (TPSA) is 45.2 Å². The molecule has 2 amide bonds. The number of fused-ring (bicyclic) bond motifs is 1. The highest BCUT2D eigenvalue weighted by Gasteiger charge is 2.24. The van der Waals surface area contributed by atoms with Crippen molar-refractivity contribution in [1.82, 2.24) is 15.2 Å². The molecule has 2 heterocycles. The lowest BCUT2D eigenvalue weighted by molar-refractivity contribution is 0.201. The molecule has 5 heteroatoms. The molecule has 156 valence electrons. The molecule has 1 atom stereocenters. The summed E-state index contributed by atoms with van der Waals surface area (Å²) < 4.78 is 13.2. The average Bonchev–Trinajstić information content (AvgIpc) is 3.12. The maximum atomic E-state index is 13.2. The first-order valence-electron chi connectivity index (χ1n) is 10.2. The molecule has 0 saturated carbocycles. The molecule has 1 N–H and O–H groups in total. The van der Waals surface area contributed by atoms with Crippen molar-refractivity contribution in [3.05, 3.63) is 65.9 Å². The fourth-order valence-electron chi connectivity index (χ4n) is 2.62. The van der Waals surface area contributed by atoms with E-state index in [4.69, 9.17) is 0 Å². The number of rotatable bonds is 6. The molecular weight excluding hydrogens is 353 g/mol. The Kier molecular flexibility index (Phi) is 12.5. The predicted molar refractivity (Wildman–Crippen MR) is 116 cm³/mol. The minimum atomic E-state index is -0.386. The molecule has 4 nitrogen and oxygen atoms in total. The minimum Gasteiger partial charge on any atom is -0.314 e. The Morgan fingerprint density at radius 1 is 1.29 bits per heavy atom. The second-order valence-corrected chi connectivity index (χ2v) is 6.17. The molecule has 1 aliphatic heterocycles. The van der Waals surface area contributed by atoms with E-state index in [1.807, 2.05) is 33.8 Å². The van der Waals surface area contributed by atoms with E-state index < -0.39 is 0 Å². The molecule has 0 aromatic carbocycles. The number of hydrogen-bond acceptors (Lipinski definition) is 2. The maximum absolute atomic E-state index is 13.2. The Balaban J connectivity index is 0.00000171. The summed E-state index contributed by atoms with van der Waals surface area (Å²) in [5, 5.41) is 2.74. The van der Waals surface area contributed by atoms with Gasteiger partial charge in [0.1, 0.15) is 5.82 Å². The van der Waals surface area contributed by atoms with Crippen molar-refractivity contribution >= 4 is 6.03 Å². The largest absolute Gasteiger partial charge is 0.322 e. The quantitative estimate of drug-likeness (QED) is 0.575. The number of halogens is 1. The van der Waals surface area contributed by atoms with E-state index in [0.29, 0.717) is 24.7 Å². The zero-order chi connectivity index (χ0) is 21.7. The van der Waals surface area contributed by atoms with Gasteiger partial charge in [-0.1, -0.05) is 72.8 Å². The van der Waals surface area contributed by atoms with E-state index in [9.17, 15) is 9.18 Å². The number of carbonyl (C=O) groups is 1. The van der Waals surface area contributed by atoms with Gasteiger partial charge < -0.3 is 10.2 Å². The van der Waals surface area contributed by atoms with Crippen LogP contribution in [0.2, 0.25) is 0 Å². The van der Waals surface area contributed by atoms with Crippen LogP contribution in [0.5, 0.6) is 0 Å². The zero-order valence-electron chi connectivity index (χ0n) is 18.3. The summed E-state index contributed by atoms with van der Waals surface area (Å²) in [5.41, 5.74) is 2.99. The van der Waals surface area contributed by atoms with Gasteiger partial charge in [-0.3, -0.25) is 4.98 Å². The standard InChI is InChI=1S/C19H24FN3O.2C2H6/c1-5-6-13(2)14(3)7-8-15(4)22-19(24)23-11-16-9-17(20)10-21-18(16)12-23;2*1-2/h7-10,13H,3-6,11-12H2,1-2H3,(H,22,24);2*1-2H3/b8-7-;;. The summed E-state index contributed by atoms with van der Waals surface area (Å²) in [5.74, 6) is 0.0202. The summed E-state index contributed by atoms with van der Waals surface area (Å²) in [7, 11) is 0. The van der Waals surface area contributed by atoms with Crippen LogP contribution >= 0.6 is 0 Å². The van der Waals surface area contributed by atoms with Crippen molar-refractivity contribution in [3.63, 3.8) is 0 Å². The van der Waals surface area contributed by atoms with Gasteiger partial charge in [-0.15, -0.1) is 0 Å². The molecular formula is C23H36FN3O. The number of pyridine rings is 1. The number of hydrogen-bond donors (Lipinski definition) is 1. The van der Waals surface area contributed by atoms with Gasteiger partial charge in [-0.25, -0.2) is 9.18 Å². The van der Waals surface area contributed by atoms with Crippen LogP contribution in [-0.4, -0.2) is 15.9 Å². The number of aromatic nitrogens is 1. The normalized spacial score (nSPS) is 12.9. The number of urea groups is 1. The van der Waals surface area contributed by atoms with Crippen LogP contribution in [0.25, 0.3) is 0 Å². The summed E-state index contributed by atoms with van der Waals surface area (Å²) in [4.78, 5) is 17.9. The highest BCUT2D eigenvalue weighted by molar-refractivity contribution is 5.77. The lowest BCUT2D eigenvalue weighted by atomic mass is 9.97. The van der Waals surface area contributed by atoms with Crippen LogP contribution in [0.3, 0.4) is 0 Å². The van der Waals surface area contributed by atoms with E-state index in [-0.39, 0.29) is 11.8 Å². The maximum Gasteiger partial charge on any atom is 0.322 e. The van der Waals surface area contributed by atoms with E-state index in [1.165, 1.54) is 12.3 Å². The van der Waals surface area contributed by atoms with Gasteiger partial charge in [0.05, 0.1) is 18.4 Å². The zero-order valence-corrected chi connectivity index (χ0v) is 18.3. The highest BCUT2D eigenvalue weighted by Crippen LogP contribution is 2.21. The van der Waals surface area contributed by atoms with Crippen LogP contribution in [0.15, 0.2) is 48.8 Å². The molecule has 1 aromatic heterocycles. The van der Waals surface area contributed by atoms with Crippen LogP contribution in [0.1, 0.15) is 65.6 Å². The number of allylic oxidation sites excluding steroid dienone is 3. The summed E-state index contributed by atoms with van der Waals surface area (Å²) in [6, 6.07) is 1.15. The Bertz CT molecular complexity index is 682. The SMILES string of the molecule is C=C(/C=C\C(=C)C(C)CCC)NC(=O)N1Cc2cc(F)cnc2C1.CC.CC. The van der Waals surface area contributed by atoms with Crippen LogP contribution in [-0.2, 0) is 13.1 Å². The third kappa shape index (κ3) is 8.07. The Morgan fingerprint density at radius 3 is 2.54 bits per heavy atom. The van der Waals surface area contributed by atoms with Crippen LogP contribution in [0, 0.1) is 11.7 Å². The van der Waals surface area contributed by atoms with Gasteiger partial charge >= 0.3 is 6.03 Å². The van der Waals surface area contributed by atoms with E-state index in [2.05, 4.69) is 37.3 Å². The monoisotopic (exact) mass is 389 g/mol. The van der Waals surface area contributed by atoms with Crippen molar-refractivity contribution in [1.29, 1.82) is 0 Å². The van der Waals surface area contributed by atoms with E-state index >= 15 is 0 Å². The second kappa shape index (κ2) is 13.7. The molecule has 0 aliphatic carbocycles. The Hall–Kier alpha value is -2.43. The fourth-order valence-corrected chi connectivity index (χ4v) is 2.62. The predicted octanol–water partition coefficient (Wildman–Crippen LogP) is 6.36. The van der Waals surface area contributed by atoms with E-state index in [1.54, 1.807) is 11.0 Å². The van der Waals surface area contributed by atoms with Gasteiger partial charge in [-0.05, 0) is 30.0 Å². The average molecular weight is 390 g/mol. The Morgan fingerprint density at radius 2 is 1.93 bits per heavy atom. The van der Waals surface area contributed by atoms with Gasteiger partial charge in [0.2, 0.25) is 0 Å². The van der Waals surface area contributed by atoms with Crippen molar-refractivity contribution in [2.45, 2.75) is 67.5 Å². The number of carbonyl (C=O) groups excluding carboxylic acids is 1. The fraction of sp³-hybridized carbons (Fsp3) is 0.478. The molecule has 1 aliphatic rings. The third-order valence-electron chi connectivity index (χ3n) is 4.14. The Labute approximate surface area is 170 Å². The van der Waals surface area contributed by atoms with Gasteiger partial charge in [0.15, 0.2) is 0 Å². The van der Waals surface area contributed by atoms with Crippen molar-refractivity contribution in [3.8, 4) is 0 Å². The number of amides is 2. The first kappa shape index (κ1) is 25.6. The summed E-state index contributed by atoms with van der Waals surface area (Å²) >= 11 is 0. The molecule has 0 bridgehead atoms. The van der Waals surface area contributed by atoms with Crippen molar-refractivity contribution < 1.29 is 9.18 Å². The molecule has 28 heavy (non-hydrogen) atoms. The second-order valence-electron chi connectivity index (χ2n) is 6.17. The molecule has 2 rings (SSSR count). The first-order chi connectivity index (χ1) is 13.4.